The lowest BCUT2D eigenvalue weighted by molar-refractivity contribution is -0.111. The van der Waals surface area contributed by atoms with Gasteiger partial charge in [-0.05, 0) is 42.8 Å². The molecule has 0 saturated heterocycles. The topological polar surface area (TPSA) is 42.0 Å². The number of fused-ring (bicyclic) bond motifs is 1. The molecule has 1 amide bonds. The van der Waals surface area contributed by atoms with Gasteiger partial charge in [-0.15, -0.1) is 0 Å². The molecule has 1 N–H and O–H groups in total. The Bertz CT molecular complexity index is 903. The van der Waals surface area contributed by atoms with Crippen LogP contribution in [0.2, 0.25) is 0 Å². The molecule has 1 aromatic heterocycles. The first-order chi connectivity index (χ1) is 11.1. The molecule has 1 heterocycles. The number of halogens is 1. The number of benzene rings is 2. The molecule has 114 valence electrons. The molecule has 0 spiro atoms. The first-order valence-electron chi connectivity index (χ1n) is 7.23. The van der Waals surface area contributed by atoms with Gasteiger partial charge in [-0.2, -0.15) is 0 Å². The highest BCUT2D eigenvalue weighted by Crippen LogP contribution is 2.21. The predicted molar refractivity (Wildman–Crippen MR) is 90.5 cm³/mol. The standard InChI is InChI=1S/C19H15FN2O/c1-13-8-10-15-5-3-7-17(19(15)21-13)22-18(23)11-9-14-4-2-6-16(20)12-14/h2-12H,1H3,(H,22,23). The molecule has 3 rings (SSSR count). The monoisotopic (exact) mass is 306 g/mol. The number of hydrogen-bond donors (Lipinski definition) is 1. The van der Waals surface area contributed by atoms with Crippen molar-refractivity contribution in [3.63, 3.8) is 0 Å². The summed E-state index contributed by atoms with van der Waals surface area (Å²) in [4.78, 5) is 16.6. The first kappa shape index (κ1) is 14.9. The predicted octanol–water partition coefficient (Wildman–Crippen LogP) is 4.33. The van der Waals surface area contributed by atoms with E-state index in [2.05, 4.69) is 10.3 Å². The largest absolute Gasteiger partial charge is 0.321 e. The number of nitrogens with one attached hydrogen (secondary N) is 1. The Morgan fingerprint density at radius 3 is 2.78 bits per heavy atom. The number of carbonyl (C=O) groups excluding carboxylic acids is 1. The second-order valence-electron chi connectivity index (χ2n) is 5.21. The molecule has 4 heteroatoms. The number of aryl methyl sites for hydroxylation is 1. The Balaban J connectivity index is 1.82. The van der Waals surface area contributed by atoms with E-state index in [1.54, 1.807) is 18.2 Å². The first-order valence-corrected chi connectivity index (χ1v) is 7.23. The number of anilines is 1. The molecule has 0 aliphatic rings. The minimum Gasteiger partial charge on any atom is -0.321 e. The molecule has 0 aliphatic carbocycles. The van der Waals surface area contributed by atoms with E-state index in [-0.39, 0.29) is 11.7 Å². The van der Waals surface area contributed by atoms with E-state index in [9.17, 15) is 9.18 Å². The van der Waals surface area contributed by atoms with Crippen LogP contribution < -0.4 is 5.32 Å². The van der Waals surface area contributed by atoms with Gasteiger partial charge in [0.25, 0.3) is 0 Å². The summed E-state index contributed by atoms with van der Waals surface area (Å²) in [5, 5.41) is 3.78. The van der Waals surface area contributed by atoms with Crippen LogP contribution in [0.3, 0.4) is 0 Å². The van der Waals surface area contributed by atoms with Crippen molar-refractivity contribution in [1.82, 2.24) is 4.98 Å². The van der Waals surface area contributed by atoms with Gasteiger partial charge in [-0.25, -0.2) is 4.39 Å². The molecule has 2 aromatic carbocycles. The normalized spacial score (nSPS) is 11.0. The number of rotatable bonds is 3. The van der Waals surface area contributed by atoms with Gasteiger partial charge in [0.05, 0.1) is 11.2 Å². The van der Waals surface area contributed by atoms with Crippen molar-refractivity contribution in [3.8, 4) is 0 Å². The summed E-state index contributed by atoms with van der Waals surface area (Å²) in [6.45, 7) is 1.90. The molecule has 0 aliphatic heterocycles. The van der Waals surface area contributed by atoms with E-state index >= 15 is 0 Å². The molecule has 0 radical (unpaired) electrons. The fraction of sp³-hybridized carbons (Fsp3) is 0.0526. The maximum absolute atomic E-state index is 13.1. The van der Waals surface area contributed by atoms with Crippen LogP contribution in [0.15, 0.2) is 60.7 Å². The zero-order valence-electron chi connectivity index (χ0n) is 12.6. The van der Waals surface area contributed by atoms with Crippen LogP contribution in [0, 0.1) is 12.7 Å². The minimum atomic E-state index is -0.332. The van der Waals surface area contributed by atoms with Gasteiger partial charge in [-0.3, -0.25) is 9.78 Å². The average Bonchev–Trinajstić information content (AvgIpc) is 2.54. The van der Waals surface area contributed by atoms with Crippen molar-refractivity contribution in [2.24, 2.45) is 0 Å². The summed E-state index contributed by atoms with van der Waals surface area (Å²) in [5.74, 6) is -0.619. The molecule has 0 unspecified atom stereocenters. The smallest absolute Gasteiger partial charge is 0.248 e. The van der Waals surface area contributed by atoms with Gasteiger partial charge in [0.1, 0.15) is 5.82 Å². The van der Waals surface area contributed by atoms with E-state index in [1.807, 2.05) is 37.3 Å². The zero-order chi connectivity index (χ0) is 16.2. The summed E-state index contributed by atoms with van der Waals surface area (Å²) in [6, 6.07) is 15.6. The van der Waals surface area contributed by atoms with Crippen molar-refractivity contribution in [3.05, 3.63) is 77.7 Å². The van der Waals surface area contributed by atoms with E-state index in [0.29, 0.717) is 11.3 Å². The van der Waals surface area contributed by atoms with Gasteiger partial charge in [0.15, 0.2) is 0 Å². The van der Waals surface area contributed by atoms with Crippen LogP contribution in [-0.2, 0) is 4.79 Å². The van der Waals surface area contributed by atoms with Crippen molar-refractivity contribution in [2.45, 2.75) is 6.92 Å². The summed E-state index contributed by atoms with van der Waals surface area (Å²) in [6.07, 6.45) is 2.95. The third-order valence-electron chi connectivity index (χ3n) is 3.39. The minimum absolute atomic E-state index is 0.287. The maximum atomic E-state index is 13.1. The van der Waals surface area contributed by atoms with Crippen LogP contribution >= 0.6 is 0 Å². The molecule has 23 heavy (non-hydrogen) atoms. The van der Waals surface area contributed by atoms with Crippen LogP contribution in [0.5, 0.6) is 0 Å². The third-order valence-corrected chi connectivity index (χ3v) is 3.39. The Morgan fingerprint density at radius 2 is 1.96 bits per heavy atom. The highest BCUT2D eigenvalue weighted by molar-refractivity contribution is 6.06. The Morgan fingerprint density at radius 1 is 1.13 bits per heavy atom. The molecule has 3 aromatic rings. The lowest BCUT2D eigenvalue weighted by Crippen LogP contribution is -2.08. The highest BCUT2D eigenvalue weighted by atomic mass is 19.1. The van der Waals surface area contributed by atoms with Gasteiger partial charge in [-0.1, -0.05) is 30.3 Å². The molecular formula is C19H15FN2O. The van der Waals surface area contributed by atoms with E-state index in [4.69, 9.17) is 0 Å². The number of aromatic nitrogens is 1. The van der Waals surface area contributed by atoms with Gasteiger partial charge in [0, 0.05) is 17.2 Å². The van der Waals surface area contributed by atoms with Crippen LogP contribution in [0.1, 0.15) is 11.3 Å². The van der Waals surface area contributed by atoms with Gasteiger partial charge < -0.3 is 5.32 Å². The average molecular weight is 306 g/mol. The molecular weight excluding hydrogens is 291 g/mol. The fourth-order valence-electron chi connectivity index (χ4n) is 2.30. The van der Waals surface area contributed by atoms with Gasteiger partial charge >= 0.3 is 0 Å². The lowest BCUT2D eigenvalue weighted by atomic mass is 10.1. The van der Waals surface area contributed by atoms with Crippen LogP contribution in [0.4, 0.5) is 10.1 Å². The number of nitrogens with zero attached hydrogens (tertiary/aromatic N) is 1. The molecule has 0 atom stereocenters. The molecule has 3 nitrogen and oxygen atoms in total. The summed E-state index contributed by atoms with van der Waals surface area (Å²) < 4.78 is 13.1. The van der Waals surface area contributed by atoms with E-state index in [1.165, 1.54) is 18.2 Å². The molecule has 0 saturated carbocycles. The van der Waals surface area contributed by atoms with Crippen molar-refractivity contribution in [1.29, 1.82) is 0 Å². The summed E-state index contributed by atoms with van der Waals surface area (Å²) in [5.41, 5.74) is 2.92. The molecule has 0 fully saturated rings. The number of carbonyl (C=O) groups is 1. The summed E-state index contributed by atoms with van der Waals surface area (Å²) in [7, 11) is 0. The van der Waals surface area contributed by atoms with Crippen LogP contribution in [-0.4, -0.2) is 10.9 Å². The number of para-hydroxylation sites is 1. The summed E-state index contributed by atoms with van der Waals surface area (Å²) >= 11 is 0. The Labute approximate surface area is 133 Å². The Hall–Kier alpha value is -3.01. The number of pyridine rings is 1. The molecule has 0 bridgehead atoms. The second-order valence-corrected chi connectivity index (χ2v) is 5.21. The van der Waals surface area contributed by atoms with E-state index < -0.39 is 0 Å². The van der Waals surface area contributed by atoms with Gasteiger partial charge in [0.2, 0.25) is 5.91 Å². The van der Waals surface area contributed by atoms with E-state index in [0.717, 1.165) is 16.6 Å². The number of amides is 1. The van der Waals surface area contributed by atoms with Crippen molar-refractivity contribution in [2.75, 3.05) is 5.32 Å². The number of hydrogen-bond acceptors (Lipinski definition) is 2. The lowest BCUT2D eigenvalue weighted by Gasteiger charge is -2.07. The fourth-order valence-corrected chi connectivity index (χ4v) is 2.30. The van der Waals surface area contributed by atoms with Crippen molar-refractivity contribution < 1.29 is 9.18 Å². The van der Waals surface area contributed by atoms with Crippen molar-refractivity contribution >= 4 is 28.6 Å². The maximum Gasteiger partial charge on any atom is 0.248 e. The zero-order valence-corrected chi connectivity index (χ0v) is 12.6. The highest BCUT2D eigenvalue weighted by Gasteiger charge is 2.05. The third kappa shape index (κ3) is 3.61. The Kier molecular flexibility index (Phi) is 4.15. The second kappa shape index (κ2) is 6.40. The quantitative estimate of drug-likeness (QED) is 0.732. The SMILES string of the molecule is Cc1ccc2cccc(NC(=O)C=Cc3cccc(F)c3)c2n1. The van der Waals surface area contributed by atoms with Crippen LogP contribution in [0.25, 0.3) is 17.0 Å².